The van der Waals surface area contributed by atoms with Gasteiger partial charge in [-0.3, -0.25) is 4.79 Å². The van der Waals surface area contributed by atoms with Crippen LogP contribution in [0.2, 0.25) is 5.02 Å². The van der Waals surface area contributed by atoms with E-state index in [1.165, 1.54) is 14.2 Å². The zero-order valence-corrected chi connectivity index (χ0v) is 14.8. The summed E-state index contributed by atoms with van der Waals surface area (Å²) >= 11 is 6.05. The molecule has 0 aliphatic heterocycles. The van der Waals surface area contributed by atoms with Crippen molar-refractivity contribution in [2.24, 2.45) is 0 Å². The van der Waals surface area contributed by atoms with Gasteiger partial charge in [0.1, 0.15) is 23.4 Å². The van der Waals surface area contributed by atoms with Crippen LogP contribution in [0.3, 0.4) is 0 Å². The maximum atomic E-state index is 13.3. The van der Waals surface area contributed by atoms with Gasteiger partial charge in [0.15, 0.2) is 0 Å². The zero-order valence-electron chi connectivity index (χ0n) is 14.0. The van der Waals surface area contributed by atoms with Crippen LogP contribution in [0.5, 0.6) is 5.75 Å². The Morgan fingerprint density at radius 1 is 1.12 bits per heavy atom. The fourth-order valence-corrected chi connectivity index (χ4v) is 2.61. The predicted octanol–water partition coefficient (Wildman–Crippen LogP) is 3.14. The van der Waals surface area contributed by atoms with E-state index in [4.69, 9.17) is 16.3 Å². The van der Waals surface area contributed by atoms with E-state index in [2.05, 4.69) is 10.1 Å². The van der Waals surface area contributed by atoms with Gasteiger partial charge in [-0.2, -0.15) is 0 Å². The first-order valence-electron chi connectivity index (χ1n) is 7.51. The van der Waals surface area contributed by atoms with Gasteiger partial charge in [-0.25, -0.2) is 13.6 Å². The minimum atomic E-state index is -1.07. The molecular weight excluding hydrogens is 368 g/mol. The van der Waals surface area contributed by atoms with Gasteiger partial charge in [-0.15, -0.1) is 0 Å². The molecule has 5 nitrogen and oxygen atoms in total. The number of esters is 1. The number of halogens is 3. The highest BCUT2D eigenvalue weighted by molar-refractivity contribution is 6.32. The Kier molecular flexibility index (Phi) is 6.52. The summed E-state index contributed by atoms with van der Waals surface area (Å²) in [4.78, 5) is 24.2. The summed E-state index contributed by atoms with van der Waals surface area (Å²) in [5.74, 6) is -2.84. The molecule has 8 heteroatoms. The number of nitrogens with one attached hydrogen (secondary N) is 1. The number of ether oxygens (including phenoxy) is 2. The van der Waals surface area contributed by atoms with Crippen LogP contribution in [0.25, 0.3) is 0 Å². The molecule has 1 amide bonds. The van der Waals surface area contributed by atoms with Crippen molar-refractivity contribution in [1.29, 1.82) is 0 Å². The van der Waals surface area contributed by atoms with Crippen LogP contribution < -0.4 is 10.1 Å². The lowest BCUT2D eigenvalue weighted by Gasteiger charge is -2.17. The highest BCUT2D eigenvalue weighted by Crippen LogP contribution is 2.25. The lowest BCUT2D eigenvalue weighted by atomic mass is 10.0. The summed E-state index contributed by atoms with van der Waals surface area (Å²) < 4.78 is 36.3. The molecule has 0 bridgehead atoms. The lowest BCUT2D eigenvalue weighted by Crippen LogP contribution is -2.43. The molecule has 2 aromatic rings. The van der Waals surface area contributed by atoms with Crippen LogP contribution in [0.1, 0.15) is 15.9 Å². The van der Waals surface area contributed by atoms with Crippen molar-refractivity contribution in [2.45, 2.75) is 12.5 Å². The third kappa shape index (κ3) is 4.92. The standard InChI is InChI=1S/C18H16ClF2NO4/c1-25-16-4-3-10(5-14(16)19)6-15(18(24)26-2)22-17(23)11-7-12(20)9-13(21)8-11/h3-5,7-9,15H,6H2,1-2H3,(H,22,23)/t15-/m1/s1. The minimum Gasteiger partial charge on any atom is -0.495 e. The fourth-order valence-electron chi connectivity index (χ4n) is 2.33. The maximum absolute atomic E-state index is 13.3. The normalized spacial score (nSPS) is 11.6. The van der Waals surface area contributed by atoms with E-state index < -0.39 is 29.6 Å². The van der Waals surface area contributed by atoms with E-state index in [0.29, 0.717) is 22.4 Å². The van der Waals surface area contributed by atoms with Crippen molar-refractivity contribution in [1.82, 2.24) is 5.32 Å². The average molecular weight is 384 g/mol. The number of amides is 1. The predicted molar refractivity (Wildman–Crippen MR) is 91.3 cm³/mol. The molecule has 1 atom stereocenters. The summed E-state index contributed by atoms with van der Waals surface area (Å²) in [7, 11) is 2.64. The average Bonchev–Trinajstić information content (AvgIpc) is 2.59. The molecule has 138 valence electrons. The van der Waals surface area contributed by atoms with Gasteiger partial charge in [-0.05, 0) is 29.8 Å². The molecule has 0 spiro atoms. The number of carbonyl (C=O) groups is 2. The molecule has 0 unspecified atom stereocenters. The summed E-state index contributed by atoms with van der Waals surface area (Å²) in [6, 6.07) is 6.21. The Labute approximate surface area is 153 Å². The van der Waals surface area contributed by atoms with Crippen molar-refractivity contribution in [3.63, 3.8) is 0 Å². The minimum absolute atomic E-state index is 0.0694. The van der Waals surface area contributed by atoms with Gasteiger partial charge in [0.2, 0.25) is 0 Å². The second-order valence-electron chi connectivity index (χ2n) is 5.38. The number of rotatable bonds is 6. The Hall–Kier alpha value is -2.67. The van der Waals surface area contributed by atoms with E-state index in [1.807, 2.05) is 0 Å². The maximum Gasteiger partial charge on any atom is 0.328 e. The molecule has 0 fully saturated rings. The topological polar surface area (TPSA) is 64.6 Å². The summed E-state index contributed by atoms with van der Waals surface area (Å²) in [5, 5.41) is 2.75. The van der Waals surface area contributed by atoms with E-state index in [0.717, 1.165) is 12.1 Å². The molecule has 0 saturated carbocycles. The highest BCUT2D eigenvalue weighted by Gasteiger charge is 2.23. The smallest absolute Gasteiger partial charge is 0.328 e. The summed E-state index contributed by atoms with van der Waals surface area (Å²) in [6.45, 7) is 0. The molecule has 0 saturated heterocycles. The molecule has 26 heavy (non-hydrogen) atoms. The molecule has 0 aliphatic carbocycles. The lowest BCUT2D eigenvalue weighted by molar-refractivity contribution is -0.142. The highest BCUT2D eigenvalue weighted by atomic mass is 35.5. The first kappa shape index (κ1) is 19.7. The first-order valence-corrected chi connectivity index (χ1v) is 7.89. The molecule has 1 N–H and O–H groups in total. The van der Waals surface area contributed by atoms with E-state index in [9.17, 15) is 18.4 Å². The molecular formula is C18H16ClF2NO4. The van der Waals surface area contributed by atoms with Gasteiger partial charge in [0.25, 0.3) is 5.91 Å². The third-order valence-corrected chi connectivity index (χ3v) is 3.87. The van der Waals surface area contributed by atoms with Crippen LogP contribution in [0, 0.1) is 11.6 Å². The monoisotopic (exact) mass is 383 g/mol. The Balaban J connectivity index is 2.20. The quantitative estimate of drug-likeness (QED) is 0.778. The number of benzene rings is 2. The zero-order chi connectivity index (χ0) is 19.3. The number of carbonyl (C=O) groups excluding carboxylic acids is 2. The van der Waals surface area contributed by atoms with E-state index in [-0.39, 0.29) is 12.0 Å². The van der Waals surface area contributed by atoms with Crippen LogP contribution in [-0.4, -0.2) is 32.1 Å². The molecule has 0 radical (unpaired) electrons. The summed E-state index contributed by atoms with van der Waals surface area (Å²) in [5.41, 5.74) is 0.390. The largest absolute Gasteiger partial charge is 0.495 e. The molecule has 2 rings (SSSR count). The van der Waals surface area contributed by atoms with Crippen LogP contribution in [-0.2, 0) is 16.0 Å². The Morgan fingerprint density at radius 2 is 1.77 bits per heavy atom. The van der Waals surface area contributed by atoms with E-state index in [1.54, 1.807) is 18.2 Å². The van der Waals surface area contributed by atoms with Crippen molar-refractivity contribution in [3.05, 3.63) is 64.2 Å². The van der Waals surface area contributed by atoms with Crippen LogP contribution in [0.4, 0.5) is 8.78 Å². The second-order valence-corrected chi connectivity index (χ2v) is 5.79. The van der Waals surface area contributed by atoms with Crippen LogP contribution in [0.15, 0.2) is 36.4 Å². The molecule has 0 aliphatic rings. The number of methoxy groups -OCH3 is 2. The number of hydrogen-bond acceptors (Lipinski definition) is 4. The van der Waals surface area contributed by atoms with Crippen molar-refractivity contribution >= 4 is 23.5 Å². The second kappa shape index (κ2) is 8.62. The van der Waals surface area contributed by atoms with Crippen LogP contribution >= 0.6 is 11.6 Å². The third-order valence-electron chi connectivity index (χ3n) is 3.57. The molecule has 2 aromatic carbocycles. The van der Waals surface area contributed by atoms with Gasteiger partial charge >= 0.3 is 5.97 Å². The van der Waals surface area contributed by atoms with Gasteiger partial charge in [0, 0.05) is 18.1 Å². The number of hydrogen-bond donors (Lipinski definition) is 1. The Bertz CT molecular complexity index is 809. The SMILES string of the molecule is COC(=O)[C@@H](Cc1ccc(OC)c(Cl)c1)NC(=O)c1cc(F)cc(F)c1. The fraction of sp³-hybridized carbons (Fsp3) is 0.222. The molecule has 0 aromatic heterocycles. The first-order chi connectivity index (χ1) is 12.3. The molecule has 0 heterocycles. The summed E-state index contributed by atoms with van der Waals surface area (Å²) in [6.07, 6.45) is 0.0694. The van der Waals surface area contributed by atoms with Gasteiger partial charge in [-0.1, -0.05) is 17.7 Å². The van der Waals surface area contributed by atoms with Crippen molar-refractivity contribution < 1.29 is 27.8 Å². The van der Waals surface area contributed by atoms with Gasteiger partial charge in [0.05, 0.1) is 19.2 Å². The Morgan fingerprint density at radius 3 is 2.31 bits per heavy atom. The van der Waals surface area contributed by atoms with Gasteiger partial charge < -0.3 is 14.8 Å². The van der Waals surface area contributed by atoms with E-state index >= 15 is 0 Å². The van der Waals surface area contributed by atoms with Crippen molar-refractivity contribution in [2.75, 3.05) is 14.2 Å². The van der Waals surface area contributed by atoms with Crippen molar-refractivity contribution in [3.8, 4) is 5.75 Å².